The van der Waals surface area contributed by atoms with Gasteiger partial charge < -0.3 is 10.0 Å². The van der Waals surface area contributed by atoms with E-state index in [0.717, 1.165) is 16.0 Å². The van der Waals surface area contributed by atoms with Crippen LogP contribution in [-0.2, 0) is 16.0 Å². The maximum atomic E-state index is 13.3. The minimum absolute atomic E-state index is 0.154. The van der Waals surface area contributed by atoms with Gasteiger partial charge in [0.05, 0.1) is 17.2 Å². The van der Waals surface area contributed by atoms with E-state index < -0.39 is 42.3 Å². The van der Waals surface area contributed by atoms with E-state index in [2.05, 4.69) is 0 Å². The van der Waals surface area contributed by atoms with Crippen LogP contribution in [0, 0.1) is 0 Å². The maximum Gasteiger partial charge on any atom is 0.323 e. The number of carbonyl (C=O) groups is 4. The molecule has 0 fully saturated rings. The molecule has 0 aliphatic carbocycles. The first-order valence-corrected chi connectivity index (χ1v) is 8.97. The van der Waals surface area contributed by atoms with E-state index in [4.69, 9.17) is 0 Å². The Morgan fingerprint density at radius 3 is 2.18 bits per heavy atom. The lowest BCUT2D eigenvalue weighted by molar-refractivity contribution is -0.147. The Morgan fingerprint density at radius 1 is 1.00 bits per heavy atom. The fourth-order valence-corrected chi connectivity index (χ4v) is 4.03. The monoisotopic (exact) mass is 378 g/mol. The average Bonchev–Trinajstić information content (AvgIpc) is 2.89. The predicted octanol–water partition coefficient (Wildman–Crippen LogP) is 1.88. The van der Waals surface area contributed by atoms with Gasteiger partial charge in [0.2, 0.25) is 5.91 Å². The smallest absolute Gasteiger partial charge is 0.323 e. The number of nitrogens with zero attached hydrogens (tertiary/aromatic N) is 2. The molecule has 0 saturated heterocycles. The molecule has 2 unspecified atom stereocenters. The van der Waals surface area contributed by atoms with E-state index in [9.17, 15) is 24.3 Å². The van der Waals surface area contributed by atoms with Crippen LogP contribution in [0.25, 0.3) is 0 Å². The highest BCUT2D eigenvalue weighted by molar-refractivity contribution is 6.23. The number of imide groups is 1. The van der Waals surface area contributed by atoms with Crippen molar-refractivity contribution < 1.29 is 24.3 Å². The highest BCUT2D eigenvalue weighted by atomic mass is 16.4. The second-order valence-corrected chi connectivity index (χ2v) is 6.98. The van der Waals surface area contributed by atoms with Gasteiger partial charge in [0, 0.05) is 6.42 Å². The van der Waals surface area contributed by atoms with Crippen LogP contribution in [0.5, 0.6) is 0 Å². The molecule has 2 heterocycles. The summed E-state index contributed by atoms with van der Waals surface area (Å²) in [4.78, 5) is 52.7. The molecule has 7 heteroatoms. The van der Waals surface area contributed by atoms with Crippen LogP contribution in [0.1, 0.15) is 44.8 Å². The van der Waals surface area contributed by atoms with Gasteiger partial charge >= 0.3 is 5.97 Å². The second kappa shape index (κ2) is 6.60. The molecule has 0 spiro atoms. The van der Waals surface area contributed by atoms with E-state index >= 15 is 0 Å². The first-order valence-electron chi connectivity index (χ1n) is 8.97. The third kappa shape index (κ3) is 2.67. The predicted molar refractivity (Wildman–Crippen MR) is 98.6 cm³/mol. The number of carboxylic acid groups (broad SMARTS) is 1. The van der Waals surface area contributed by atoms with Gasteiger partial charge in [-0.05, 0) is 30.2 Å². The number of fused-ring (bicyclic) bond motifs is 2. The number of hydrogen-bond donors (Lipinski definition) is 1. The summed E-state index contributed by atoms with van der Waals surface area (Å²) >= 11 is 0. The highest BCUT2D eigenvalue weighted by Gasteiger charge is 2.46. The van der Waals surface area contributed by atoms with Crippen LogP contribution in [0.4, 0.5) is 0 Å². The molecule has 2 aliphatic heterocycles. The van der Waals surface area contributed by atoms with Crippen LogP contribution in [0.15, 0.2) is 48.5 Å². The van der Waals surface area contributed by atoms with Crippen LogP contribution in [0.2, 0.25) is 0 Å². The second-order valence-electron chi connectivity index (χ2n) is 6.98. The van der Waals surface area contributed by atoms with Crippen LogP contribution < -0.4 is 0 Å². The lowest BCUT2D eigenvalue weighted by Crippen LogP contribution is -2.52. The SMILES string of the molecule is CC1c2ccccc2CC(N2C(=O)c3ccccc3C2=O)C(=O)N1CC(=O)O. The molecule has 2 atom stereocenters. The van der Waals surface area contributed by atoms with E-state index in [0.29, 0.717) is 0 Å². The quantitative estimate of drug-likeness (QED) is 0.823. The zero-order valence-corrected chi connectivity index (χ0v) is 15.2. The molecule has 3 amide bonds. The van der Waals surface area contributed by atoms with Crippen molar-refractivity contribution in [3.05, 3.63) is 70.8 Å². The van der Waals surface area contributed by atoms with Gasteiger partial charge in [0.15, 0.2) is 0 Å². The first kappa shape index (κ1) is 17.9. The number of carbonyl (C=O) groups excluding carboxylic acids is 3. The molecule has 0 aromatic heterocycles. The third-order valence-corrected chi connectivity index (χ3v) is 5.40. The normalized spacial score (nSPS) is 21.4. The van der Waals surface area contributed by atoms with Crippen LogP contribution in [-0.4, -0.2) is 51.2 Å². The number of hydrogen-bond acceptors (Lipinski definition) is 4. The van der Waals surface area contributed by atoms with E-state index in [1.807, 2.05) is 24.3 Å². The molecular formula is C21H18N2O5. The van der Waals surface area contributed by atoms with Crippen molar-refractivity contribution in [1.82, 2.24) is 9.80 Å². The van der Waals surface area contributed by atoms with Crippen molar-refractivity contribution in [2.24, 2.45) is 0 Å². The Morgan fingerprint density at radius 2 is 1.57 bits per heavy atom. The summed E-state index contributed by atoms with van der Waals surface area (Å²) < 4.78 is 0. The summed E-state index contributed by atoms with van der Waals surface area (Å²) in [7, 11) is 0. The van der Waals surface area contributed by atoms with E-state index in [1.165, 1.54) is 4.90 Å². The number of carboxylic acids is 1. The molecular weight excluding hydrogens is 360 g/mol. The molecule has 1 N–H and O–H groups in total. The molecule has 28 heavy (non-hydrogen) atoms. The minimum Gasteiger partial charge on any atom is -0.480 e. The molecule has 0 radical (unpaired) electrons. The number of aliphatic carboxylic acids is 1. The Balaban J connectivity index is 1.81. The standard InChI is InChI=1S/C21H18N2O5/c1-12-14-7-3-2-6-13(14)10-17(21(28)22(12)11-18(24)25)23-19(26)15-8-4-5-9-16(15)20(23)27/h2-9,12,17H,10-11H2,1H3,(H,24,25). The Bertz CT molecular complexity index is 980. The van der Waals surface area contributed by atoms with Crippen molar-refractivity contribution in [2.75, 3.05) is 6.54 Å². The van der Waals surface area contributed by atoms with Crippen LogP contribution in [0.3, 0.4) is 0 Å². The summed E-state index contributed by atoms with van der Waals surface area (Å²) in [6, 6.07) is 12.2. The summed E-state index contributed by atoms with van der Waals surface area (Å²) in [6.07, 6.45) is 0.154. The third-order valence-electron chi connectivity index (χ3n) is 5.40. The summed E-state index contributed by atoms with van der Waals surface area (Å²) in [5.41, 5.74) is 2.15. The Kier molecular flexibility index (Phi) is 4.22. The maximum absolute atomic E-state index is 13.3. The summed E-state index contributed by atoms with van der Waals surface area (Å²) in [5, 5.41) is 9.30. The molecule has 4 rings (SSSR count). The molecule has 0 bridgehead atoms. The van der Waals surface area contributed by atoms with E-state index in [-0.39, 0.29) is 17.5 Å². The van der Waals surface area contributed by atoms with Gasteiger partial charge in [-0.25, -0.2) is 0 Å². The first-order chi connectivity index (χ1) is 13.4. The molecule has 7 nitrogen and oxygen atoms in total. The van der Waals surface area contributed by atoms with Gasteiger partial charge in [0.1, 0.15) is 12.6 Å². The number of rotatable bonds is 3. The Hall–Kier alpha value is -3.48. The molecule has 2 aromatic carbocycles. The summed E-state index contributed by atoms with van der Waals surface area (Å²) in [5.74, 6) is -2.75. The summed E-state index contributed by atoms with van der Waals surface area (Å²) in [6.45, 7) is 1.25. The van der Waals surface area contributed by atoms with Crippen LogP contribution >= 0.6 is 0 Å². The minimum atomic E-state index is -1.15. The average molecular weight is 378 g/mol. The van der Waals surface area contributed by atoms with Gasteiger partial charge in [-0.3, -0.25) is 24.1 Å². The lowest BCUT2D eigenvalue weighted by Gasteiger charge is -2.31. The van der Waals surface area contributed by atoms with Gasteiger partial charge in [-0.1, -0.05) is 36.4 Å². The van der Waals surface area contributed by atoms with Crippen molar-refractivity contribution in [1.29, 1.82) is 0 Å². The highest BCUT2D eigenvalue weighted by Crippen LogP contribution is 2.33. The van der Waals surface area contributed by atoms with Gasteiger partial charge in [0.25, 0.3) is 11.8 Å². The van der Waals surface area contributed by atoms with Crippen molar-refractivity contribution in [3.63, 3.8) is 0 Å². The van der Waals surface area contributed by atoms with Crippen molar-refractivity contribution in [2.45, 2.75) is 25.4 Å². The zero-order chi connectivity index (χ0) is 20.0. The topological polar surface area (TPSA) is 95.0 Å². The van der Waals surface area contributed by atoms with Gasteiger partial charge in [-0.15, -0.1) is 0 Å². The molecule has 142 valence electrons. The largest absolute Gasteiger partial charge is 0.480 e. The Labute approximate surface area is 161 Å². The van der Waals surface area contributed by atoms with Crippen molar-refractivity contribution in [3.8, 4) is 0 Å². The van der Waals surface area contributed by atoms with E-state index in [1.54, 1.807) is 31.2 Å². The lowest BCUT2D eigenvalue weighted by atomic mass is 9.98. The molecule has 2 aliphatic rings. The fraction of sp³-hybridized carbons (Fsp3) is 0.238. The number of benzene rings is 2. The molecule has 2 aromatic rings. The zero-order valence-electron chi connectivity index (χ0n) is 15.2. The van der Waals surface area contributed by atoms with Crippen molar-refractivity contribution >= 4 is 23.7 Å². The van der Waals surface area contributed by atoms with Gasteiger partial charge in [-0.2, -0.15) is 0 Å². The number of amides is 3. The molecule has 0 saturated carbocycles. The fourth-order valence-electron chi connectivity index (χ4n) is 4.03.